The first-order valence-corrected chi connectivity index (χ1v) is 10.7. The average molecular weight is 411 g/mol. The van der Waals surface area contributed by atoms with Gasteiger partial charge in [-0.3, -0.25) is 14.7 Å². The molecule has 0 aliphatic carbocycles. The lowest BCUT2D eigenvalue weighted by Gasteiger charge is -2.26. The molecule has 1 fully saturated rings. The van der Waals surface area contributed by atoms with Crippen molar-refractivity contribution in [2.75, 3.05) is 25.0 Å². The van der Waals surface area contributed by atoms with Crippen LogP contribution in [0.25, 0.3) is 11.3 Å². The number of hydrogen-bond donors (Lipinski definition) is 0. The van der Waals surface area contributed by atoms with E-state index in [9.17, 15) is 10.1 Å². The predicted molar refractivity (Wildman–Crippen MR) is 123 cm³/mol. The molecule has 3 aromatic rings. The van der Waals surface area contributed by atoms with Crippen molar-refractivity contribution in [3.63, 3.8) is 0 Å². The summed E-state index contributed by atoms with van der Waals surface area (Å²) < 4.78 is 0. The molecule has 5 heteroatoms. The highest BCUT2D eigenvalue weighted by atomic mass is 16.2. The van der Waals surface area contributed by atoms with Crippen LogP contribution in [0, 0.1) is 11.3 Å². The zero-order valence-corrected chi connectivity index (χ0v) is 17.8. The van der Waals surface area contributed by atoms with Gasteiger partial charge in [0.2, 0.25) is 0 Å². The summed E-state index contributed by atoms with van der Waals surface area (Å²) in [6.07, 6.45) is 5.57. The van der Waals surface area contributed by atoms with Gasteiger partial charge in [-0.15, -0.1) is 0 Å². The predicted octanol–water partition coefficient (Wildman–Crippen LogP) is 4.88. The first-order valence-electron chi connectivity index (χ1n) is 10.7. The van der Waals surface area contributed by atoms with Crippen molar-refractivity contribution in [3.05, 3.63) is 83.6 Å². The molecule has 1 amide bonds. The minimum absolute atomic E-state index is 0.0822. The number of carbonyl (C=O) groups is 1. The second-order valence-electron chi connectivity index (χ2n) is 7.95. The smallest absolute Gasteiger partial charge is 0.258 e. The van der Waals surface area contributed by atoms with E-state index >= 15 is 0 Å². The number of piperidine rings is 1. The minimum Gasteiger partial charge on any atom is -0.311 e. The van der Waals surface area contributed by atoms with Gasteiger partial charge in [0.05, 0.1) is 17.3 Å². The number of pyridine rings is 1. The molecule has 0 N–H and O–H groups in total. The maximum absolute atomic E-state index is 13.1. The quantitative estimate of drug-likeness (QED) is 0.601. The molecular weight excluding hydrogens is 384 g/mol. The summed E-state index contributed by atoms with van der Waals surface area (Å²) in [4.78, 5) is 21.5. The lowest BCUT2D eigenvalue weighted by molar-refractivity contribution is 0.0993. The van der Waals surface area contributed by atoms with Gasteiger partial charge in [-0.1, -0.05) is 24.6 Å². The molecule has 1 aliphatic rings. The van der Waals surface area contributed by atoms with Crippen molar-refractivity contribution in [2.45, 2.75) is 25.8 Å². The molecule has 1 saturated heterocycles. The van der Waals surface area contributed by atoms with Gasteiger partial charge in [-0.05, 0) is 74.0 Å². The third kappa shape index (κ3) is 4.82. The molecule has 1 aliphatic heterocycles. The summed E-state index contributed by atoms with van der Waals surface area (Å²) in [5.41, 5.74) is 4.57. The number of rotatable bonds is 5. The van der Waals surface area contributed by atoms with Crippen LogP contribution in [0.4, 0.5) is 5.69 Å². The lowest BCUT2D eigenvalue weighted by atomic mass is 10.0. The van der Waals surface area contributed by atoms with Gasteiger partial charge in [-0.25, -0.2) is 0 Å². The molecular formula is C26H26N4O. The van der Waals surface area contributed by atoms with Gasteiger partial charge >= 0.3 is 0 Å². The Morgan fingerprint density at radius 1 is 1.06 bits per heavy atom. The van der Waals surface area contributed by atoms with Gasteiger partial charge in [0, 0.05) is 36.6 Å². The summed E-state index contributed by atoms with van der Waals surface area (Å²) in [5, 5.41) is 9.48. The highest BCUT2D eigenvalue weighted by molar-refractivity contribution is 6.06. The number of carbonyl (C=O) groups excluding carboxylic acids is 1. The minimum atomic E-state index is -0.0822. The zero-order chi connectivity index (χ0) is 21.6. The number of likely N-dealkylation sites (tertiary alicyclic amines) is 1. The number of hydrogen-bond acceptors (Lipinski definition) is 4. The van der Waals surface area contributed by atoms with Crippen LogP contribution in [0.5, 0.6) is 0 Å². The summed E-state index contributed by atoms with van der Waals surface area (Å²) in [6, 6.07) is 21.1. The molecule has 1 aromatic heterocycles. The molecule has 5 nitrogen and oxygen atoms in total. The highest BCUT2D eigenvalue weighted by Crippen LogP contribution is 2.27. The standard InChI is InChI=1S/C26H26N4O/c1-29(23-13-12-22(18-27)24(17-23)25-7-3-4-14-28-25)26(31)21-10-8-20(9-11-21)19-30-15-5-2-6-16-30/h3-4,7-14,17H,2,5-6,15-16,19H2,1H3. The first-order chi connectivity index (χ1) is 15.2. The van der Waals surface area contributed by atoms with Crippen LogP contribution in [0.1, 0.15) is 40.7 Å². The Morgan fingerprint density at radius 3 is 2.52 bits per heavy atom. The normalized spacial score (nSPS) is 14.1. The van der Waals surface area contributed by atoms with Gasteiger partial charge < -0.3 is 4.90 Å². The third-order valence-corrected chi connectivity index (χ3v) is 5.81. The van der Waals surface area contributed by atoms with Crippen molar-refractivity contribution < 1.29 is 4.79 Å². The Kier molecular flexibility index (Phi) is 6.40. The van der Waals surface area contributed by atoms with Gasteiger partial charge in [0.15, 0.2) is 0 Å². The van der Waals surface area contributed by atoms with Crippen molar-refractivity contribution >= 4 is 11.6 Å². The molecule has 4 rings (SSSR count). The Labute approximate surface area is 183 Å². The SMILES string of the molecule is CN(C(=O)c1ccc(CN2CCCCC2)cc1)c1ccc(C#N)c(-c2ccccn2)c1. The van der Waals surface area contributed by atoms with Crippen molar-refractivity contribution in [3.8, 4) is 17.3 Å². The summed E-state index contributed by atoms with van der Waals surface area (Å²) in [7, 11) is 1.76. The fourth-order valence-corrected chi connectivity index (χ4v) is 4.01. The third-order valence-electron chi connectivity index (χ3n) is 5.81. The summed E-state index contributed by atoms with van der Waals surface area (Å²) in [5.74, 6) is -0.0822. The van der Waals surface area contributed by atoms with Crippen LogP contribution in [0.2, 0.25) is 0 Å². The van der Waals surface area contributed by atoms with Gasteiger partial charge in [0.25, 0.3) is 5.91 Å². The van der Waals surface area contributed by atoms with E-state index in [1.54, 1.807) is 30.3 Å². The maximum Gasteiger partial charge on any atom is 0.258 e. The second-order valence-corrected chi connectivity index (χ2v) is 7.95. The average Bonchev–Trinajstić information content (AvgIpc) is 2.84. The maximum atomic E-state index is 13.1. The molecule has 0 atom stereocenters. The molecule has 2 heterocycles. The van der Waals surface area contributed by atoms with E-state index in [1.165, 1.54) is 24.8 Å². The zero-order valence-electron chi connectivity index (χ0n) is 17.8. The summed E-state index contributed by atoms with van der Waals surface area (Å²) in [6.45, 7) is 3.24. The topological polar surface area (TPSA) is 60.2 Å². The number of benzene rings is 2. The van der Waals surface area contributed by atoms with Crippen LogP contribution >= 0.6 is 0 Å². The van der Waals surface area contributed by atoms with E-state index in [-0.39, 0.29) is 5.91 Å². The van der Waals surface area contributed by atoms with Crippen molar-refractivity contribution in [1.29, 1.82) is 5.26 Å². The van der Waals surface area contributed by atoms with E-state index in [0.29, 0.717) is 16.8 Å². The van der Waals surface area contributed by atoms with Crippen LogP contribution in [-0.2, 0) is 6.54 Å². The Hall–Kier alpha value is -3.49. The van der Waals surface area contributed by atoms with E-state index in [0.717, 1.165) is 30.9 Å². The van der Waals surface area contributed by atoms with Crippen LogP contribution in [0.15, 0.2) is 66.9 Å². The number of aromatic nitrogens is 1. The molecule has 0 bridgehead atoms. The van der Waals surface area contributed by atoms with E-state index in [1.807, 2.05) is 48.5 Å². The molecule has 0 unspecified atom stereocenters. The molecule has 0 radical (unpaired) electrons. The van der Waals surface area contributed by atoms with Crippen LogP contribution in [0.3, 0.4) is 0 Å². The Morgan fingerprint density at radius 2 is 1.84 bits per heavy atom. The highest BCUT2D eigenvalue weighted by Gasteiger charge is 2.17. The monoisotopic (exact) mass is 410 g/mol. The first kappa shape index (κ1) is 20.8. The van der Waals surface area contributed by atoms with Crippen LogP contribution in [-0.4, -0.2) is 35.9 Å². The Bertz CT molecular complexity index is 1080. The van der Waals surface area contributed by atoms with Crippen molar-refractivity contribution in [1.82, 2.24) is 9.88 Å². The van der Waals surface area contributed by atoms with E-state index < -0.39 is 0 Å². The largest absolute Gasteiger partial charge is 0.311 e. The number of nitriles is 1. The molecule has 31 heavy (non-hydrogen) atoms. The summed E-state index contributed by atoms with van der Waals surface area (Å²) >= 11 is 0. The number of amides is 1. The fourth-order valence-electron chi connectivity index (χ4n) is 4.01. The van der Waals surface area contributed by atoms with Gasteiger partial charge in [0.1, 0.15) is 0 Å². The van der Waals surface area contributed by atoms with E-state index in [4.69, 9.17) is 0 Å². The Balaban J connectivity index is 1.52. The van der Waals surface area contributed by atoms with Crippen molar-refractivity contribution in [2.24, 2.45) is 0 Å². The van der Waals surface area contributed by atoms with Crippen LogP contribution < -0.4 is 4.90 Å². The molecule has 0 saturated carbocycles. The van der Waals surface area contributed by atoms with E-state index in [2.05, 4.69) is 16.0 Å². The van der Waals surface area contributed by atoms with Gasteiger partial charge in [-0.2, -0.15) is 5.26 Å². The molecule has 156 valence electrons. The second kappa shape index (κ2) is 9.55. The number of anilines is 1. The fraction of sp³-hybridized carbons (Fsp3) is 0.269. The molecule has 0 spiro atoms. The molecule has 2 aromatic carbocycles. The number of nitrogens with zero attached hydrogens (tertiary/aromatic N) is 4. The lowest BCUT2D eigenvalue weighted by Crippen LogP contribution is -2.29.